The highest BCUT2D eigenvalue weighted by atomic mass is 16.6. The molecule has 9 nitrogen and oxygen atoms in total. The molecule has 1 fully saturated rings. The van der Waals surface area contributed by atoms with Crippen molar-refractivity contribution in [2.45, 2.75) is 51.2 Å². The van der Waals surface area contributed by atoms with Crippen molar-refractivity contribution in [1.29, 1.82) is 5.26 Å². The number of nitrogens with zero attached hydrogens (tertiary/aromatic N) is 2. The molecule has 0 spiro atoms. The van der Waals surface area contributed by atoms with Crippen LogP contribution in [0.25, 0.3) is 0 Å². The molecular weight excluding hydrogens is 448 g/mol. The van der Waals surface area contributed by atoms with Gasteiger partial charge in [0.25, 0.3) is 0 Å². The first-order valence-corrected chi connectivity index (χ1v) is 11.8. The number of benzene rings is 2. The van der Waals surface area contributed by atoms with E-state index < -0.39 is 12.0 Å². The van der Waals surface area contributed by atoms with Crippen molar-refractivity contribution < 1.29 is 24.2 Å². The molecule has 9 heteroatoms. The molecule has 0 bridgehead atoms. The first kappa shape index (κ1) is 24.1. The summed E-state index contributed by atoms with van der Waals surface area (Å²) < 4.78 is 5.70. The number of rotatable bonds is 5. The number of hydrogen-bond acceptors (Lipinski definition) is 5. The molecular formula is C26H28N4O5. The molecule has 2 aromatic rings. The lowest BCUT2D eigenvalue weighted by atomic mass is 9.85. The Kier molecular flexibility index (Phi) is 7.51. The minimum atomic E-state index is -0.776. The summed E-state index contributed by atoms with van der Waals surface area (Å²) in [5.41, 5.74) is 3.71. The molecule has 0 aromatic heterocycles. The number of fused-ring (bicyclic) bond motifs is 1. The van der Waals surface area contributed by atoms with Crippen LogP contribution in [0.4, 0.5) is 21.0 Å². The number of urea groups is 1. The molecule has 3 amide bonds. The Labute approximate surface area is 203 Å². The third kappa shape index (κ3) is 6.51. The summed E-state index contributed by atoms with van der Waals surface area (Å²) in [6, 6.07) is 13.9. The van der Waals surface area contributed by atoms with Crippen molar-refractivity contribution in [2.24, 2.45) is 5.92 Å². The molecule has 4 rings (SSSR count). The van der Waals surface area contributed by atoms with Crippen LogP contribution in [-0.2, 0) is 22.5 Å². The minimum Gasteiger partial charge on any atom is -0.481 e. The quantitative estimate of drug-likeness (QED) is 0.572. The van der Waals surface area contributed by atoms with Crippen LogP contribution < -0.4 is 10.6 Å². The Morgan fingerprint density at radius 2 is 1.77 bits per heavy atom. The number of carbonyl (C=O) groups is 3. The fraction of sp³-hybridized carbons (Fsp3) is 0.385. The van der Waals surface area contributed by atoms with Crippen LogP contribution in [0.15, 0.2) is 42.5 Å². The normalized spacial score (nSPS) is 19.1. The van der Waals surface area contributed by atoms with E-state index in [2.05, 4.69) is 10.6 Å². The summed E-state index contributed by atoms with van der Waals surface area (Å²) >= 11 is 0. The minimum absolute atomic E-state index is 0.159. The van der Waals surface area contributed by atoms with Gasteiger partial charge >= 0.3 is 18.1 Å². The molecule has 0 radical (unpaired) electrons. The highest BCUT2D eigenvalue weighted by Gasteiger charge is 2.28. The van der Waals surface area contributed by atoms with Gasteiger partial charge in [0.05, 0.1) is 11.6 Å². The highest BCUT2D eigenvalue weighted by molar-refractivity contribution is 5.99. The van der Waals surface area contributed by atoms with Crippen molar-refractivity contribution in [3.05, 3.63) is 59.2 Å². The Bertz CT molecular complexity index is 1150. The molecule has 1 saturated carbocycles. The maximum atomic E-state index is 12.7. The zero-order valence-corrected chi connectivity index (χ0v) is 19.3. The molecule has 0 saturated heterocycles. The average molecular weight is 477 g/mol. The van der Waals surface area contributed by atoms with E-state index in [9.17, 15) is 14.4 Å². The van der Waals surface area contributed by atoms with Crippen LogP contribution in [0.5, 0.6) is 0 Å². The average Bonchev–Trinajstić information content (AvgIpc) is 2.84. The van der Waals surface area contributed by atoms with Crippen LogP contribution in [-0.4, -0.2) is 40.7 Å². The van der Waals surface area contributed by atoms with E-state index in [0.717, 1.165) is 24.0 Å². The van der Waals surface area contributed by atoms with Crippen molar-refractivity contribution in [3.8, 4) is 6.07 Å². The van der Waals surface area contributed by atoms with E-state index in [1.807, 2.05) is 18.2 Å². The number of anilines is 2. The molecule has 2 aromatic carbocycles. The summed E-state index contributed by atoms with van der Waals surface area (Å²) in [6.45, 7) is 0.965. The number of nitrogens with one attached hydrogen (secondary N) is 2. The summed E-state index contributed by atoms with van der Waals surface area (Å²) in [5.74, 6) is -0.612. The van der Waals surface area contributed by atoms with Crippen LogP contribution >= 0.6 is 0 Å². The zero-order valence-electron chi connectivity index (χ0n) is 19.3. The maximum Gasteiger partial charge on any atom is 0.410 e. The first-order valence-electron chi connectivity index (χ1n) is 11.8. The predicted octanol–water partition coefficient (Wildman–Crippen LogP) is 4.73. The smallest absolute Gasteiger partial charge is 0.410 e. The topological polar surface area (TPSA) is 132 Å². The number of carboxylic acid groups (broad SMARTS) is 1. The van der Waals surface area contributed by atoms with Crippen LogP contribution in [0.1, 0.15) is 48.8 Å². The van der Waals surface area contributed by atoms with Crippen LogP contribution in [0, 0.1) is 17.2 Å². The standard InChI is InChI=1S/C26H28N4O5/c27-15-18-2-1-3-21(12-18)28-25(33)29-22-7-6-20-16-30(11-10-19(20)14-22)26(34)35-23-8-4-17(5-9-23)13-24(31)32/h1-3,6-7,12,14,17,23H,4-5,8-11,13,16H2,(H,31,32)(H2,28,29,33)/t17-,23-. The second kappa shape index (κ2) is 10.9. The highest BCUT2D eigenvalue weighted by Crippen LogP contribution is 2.30. The monoisotopic (exact) mass is 476 g/mol. The second-order valence-electron chi connectivity index (χ2n) is 9.05. The van der Waals surface area contributed by atoms with Gasteiger partial charge in [-0.3, -0.25) is 4.79 Å². The van der Waals surface area contributed by atoms with Gasteiger partial charge < -0.3 is 25.4 Å². The largest absolute Gasteiger partial charge is 0.481 e. The van der Waals surface area contributed by atoms with Gasteiger partial charge in [-0.25, -0.2) is 9.59 Å². The van der Waals surface area contributed by atoms with Gasteiger partial charge in [-0.1, -0.05) is 12.1 Å². The van der Waals surface area contributed by atoms with Gasteiger partial charge in [0.1, 0.15) is 6.10 Å². The maximum absolute atomic E-state index is 12.7. The number of carboxylic acids is 1. The van der Waals surface area contributed by atoms with E-state index in [-0.39, 0.29) is 24.5 Å². The Hall–Kier alpha value is -4.06. The van der Waals surface area contributed by atoms with Crippen molar-refractivity contribution in [2.75, 3.05) is 17.2 Å². The summed E-state index contributed by atoms with van der Waals surface area (Å²) in [5, 5.41) is 23.5. The van der Waals surface area contributed by atoms with E-state index in [0.29, 0.717) is 49.3 Å². The molecule has 1 aliphatic heterocycles. The van der Waals surface area contributed by atoms with E-state index in [4.69, 9.17) is 15.1 Å². The van der Waals surface area contributed by atoms with E-state index >= 15 is 0 Å². The van der Waals surface area contributed by atoms with Gasteiger partial charge in [-0.05, 0) is 79.5 Å². The molecule has 35 heavy (non-hydrogen) atoms. The molecule has 3 N–H and O–H groups in total. The van der Waals surface area contributed by atoms with Gasteiger partial charge in [0.15, 0.2) is 0 Å². The van der Waals surface area contributed by atoms with Crippen molar-refractivity contribution >= 4 is 29.5 Å². The molecule has 1 aliphatic carbocycles. The number of hydrogen-bond donors (Lipinski definition) is 3. The summed E-state index contributed by atoms with van der Waals surface area (Å²) in [4.78, 5) is 37.6. The lowest BCUT2D eigenvalue weighted by Crippen LogP contribution is -2.39. The fourth-order valence-corrected chi connectivity index (χ4v) is 4.66. The fourth-order valence-electron chi connectivity index (χ4n) is 4.66. The van der Waals surface area contributed by atoms with Gasteiger partial charge in [-0.15, -0.1) is 0 Å². The number of ether oxygens (including phenoxy) is 1. The lowest BCUT2D eigenvalue weighted by molar-refractivity contribution is -0.138. The van der Waals surface area contributed by atoms with E-state index in [1.54, 1.807) is 35.2 Å². The second-order valence-corrected chi connectivity index (χ2v) is 9.05. The third-order valence-corrected chi connectivity index (χ3v) is 6.51. The van der Waals surface area contributed by atoms with E-state index in [1.165, 1.54) is 0 Å². The predicted molar refractivity (Wildman–Crippen MR) is 129 cm³/mol. The van der Waals surface area contributed by atoms with Gasteiger partial charge in [0.2, 0.25) is 0 Å². The number of nitriles is 1. The SMILES string of the molecule is N#Cc1cccc(NC(=O)Nc2ccc3c(c2)CCN(C(=O)O[C@H]2CC[C@H](CC(=O)O)CC2)C3)c1. The Balaban J connectivity index is 1.27. The number of aliphatic carboxylic acids is 1. The van der Waals surface area contributed by atoms with Crippen molar-refractivity contribution in [1.82, 2.24) is 4.90 Å². The Morgan fingerprint density at radius 3 is 2.49 bits per heavy atom. The van der Waals surface area contributed by atoms with Crippen LogP contribution in [0.2, 0.25) is 0 Å². The third-order valence-electron chi connectivity index (χ3n) is 6.51. The summed E-state index contributed by atoms with van der Waals surface area (Å²) in [7, 11) is 0. The molecule has 0 atom stereocenters. The molecule has 2 aliphatic rings. The van der Waals surface area contributed by atoms with Crippen LogP contribution in [0.3, 0.4) is 0 Å². The molecule has 182 valence electrons. The number of carbonyl (C=O) groups excluding carboxylic acids is 2. The van der Waals surface area contributed by atoms with Gasteiger partial charge in [-0.2, -0.15) is 5.26 Å². The van der Waals surface area contributed by atoms with Gasteiger partial charge in [0, 0.05) is 30.9 Å². The summed E-state index contributed by atoms with van der Waals surface area (Å²) in [6.07, 6.45) is 3.26. The Morgan fingerprint density at radius 1 is 1.03 bits per heavy atom. The van der Waals surface area contributed by atoms with Crippen molar-refractivity contribution in [3.63, 3.8) is 0 Å². The zero-order chi connectivity index (χ0) is 24.8. The lowest BCUT2D eigenvalue weighted by Gasteiger charge is -2.32. The first-order chi connectivity index (χ1) is 16.9. The number of amides is 3. The molecule has 0 unspecified atom stereocenters. The molecule has 1 heterocycles.